The van der Waals surface area contributed by atoms with Gasteiger partial charge in [0.1, 0.15) is 0 Å². The molecule has 1 atom stereocenters. The fourth-order valence-corrected chi connectivity index (χ4v) is 3.29. The minimum absolute atomic E-state index is 0.0393. The molecular formula is C18H25N3O4. The van der Waals surface area contributed by atoms with Gasteiger partial charge in [-0.05, 0) is 25.0 Å². The maximum absolute atomic E-state index is 12.9. The highest BCUT2D eigenvalue weighted by atomic mass is 16.5. The zero-order valence-electron chi connectivity index (χ0n) is 14.5. The van der Waals surface area contributed by atoms with E-state index >= 15 is 0 Å². The maximum Gasteiger partial charge on any atom is 0.244 e. The number of benzene rings is 1. The van der Waals surface area contributed by atoms with Crippen LogP contribution in [0.25, 0.3) is 0 Å². The molecule has 0 radical (unpaired) electrons. The van der Waals surface area contributed by atoms with Crippen molar-refractivity contribution in [1.82, 2.24) is 10.4 Å². The number of para-hydroxylation sites is 1. The van der Waals surface area contributed by atoms with Gasteiger partial charge in [0.05, 0.1) is 12.0 Å². The van der Waals surface area contributed by atoms with Crippen molar-refractivity contribution in [1.29, 1.82) is 0 Å². The van der Waals surface area contributed by atoms with Crippen LogP contribution in [0.2, 0.25) is 0 Å². The molecule has 1 unspecified atom stereocenters. The number of likely N-dealkylation sites (tertiary alicyclic amines) is 1. The molecule has 7 nitrogen and oxygen atoms in total. The number of hydrogen-bond acceptors (Lipinski definition) is 4. The minimum Gasteiger partial charge on any atom is -0.333 e. The van der Waals surface area contributed by atoms with Crippen LogP contribution in [0.5, 0.6) is 0 Å². The molecule has 1 aromatic carbocycles. The van der Waals surface area contributed by atoms with Gasteiger partial charge < -0.3 is 10.2 Å². The Morgan fingerprint density at radius 1 is 1.24 bits per heavy atom. The van der Waals surface area contributed by atoms with Crippen LogP contribution in [0, 0.1) is 5.41 Å². The molecule has 1 fully saturated rings. The van der Waals surface area contributed by atoms with Crippen LogP contribution in [0.3, 0.4) is 0 Å². The summed E-state index contributed by atoms with van der Waals surface area (Å²) in [6.45, 7) is 2.41. The first-order valence-corrected chi connectivity index (χ1v) is 8.58. The zero-order valence-corrected chi connectivity index (χ0v) is 14.5. The molecule has 3 amide bonds. The molecule has 1 aliphatic rings. The highest BCUT2D eigenvalue weighted by Crippen LogP contribution is 2.40. The summed E-state index contributed by atoms with van der Waals surface area (Å²) in [6, 6.07) is 9.05. The predicted octanol–water partition coefficient (Wildman–Crippen LogP) is 1.93. The first-order valence-electron chi connectivity index (χ1n) is 8.58. The molecule has 1 aliphatic heterocycles. The Labute approximate surface area is 147 Å². The van der Waals surface area contributed by atoms with E-state index in [1.54, 1.807) is 17.6 Å². The highest BCUT2D eigenvalue weighted by Gasteiger charge is 2.47. The van der Waals surface area contributed by atoms with Crippen molar-refractivity contribution in [2.24, 2.45) is 5.41 Å². The normalized spacial score (nSPS) is 19.8. The number of rotatable bonds is 8. The smallest absolute Gasteiger partial charge is 0.244 e. The number of unbranched alkanes of at least 4 members (excludes halogenated alkanes) is 1. The van der Waals surface area contributed by atoms with Crippen LogP contribution < -0.4 is 10.8 Å². The first-order chi connectivity index (χ1) is 12.0. The van der Waals surface area contributed by atoms with Crippen LogP contribution in [0.4, 0.5) is 5.69 Å². The molecule has 136 valence electrons. The summed E-state index contributed by atoms with van der Waals surface area (Å²) < 4.78 is 0. The first kappa shape index (κ1) is 18.9. The van der Waals surface area contributed by atoms with E-state index in [0.717, 1.165) is 12.8 Å². The third-order valence-electron chi connectivity index (χ3n) is 4.63. The molecule has 0 saturated carbocycles. The molecule has 0 spiro atoms. The Morgan fingerprint density at radius 2 is 1.96 bits per heavy atom. The van der Waals surface area contributed by atoms with E-state index in [-0.39, 0.29) is 24.8 Å². The fraction of sp³-hybridized carbons (Fsp3) is 0.500. The van der Waals surface area contributed by atoms with Crippen molar-refractivity contribution in [2.45, 2.75) is 39.0 Å². The van der Waals surface area contributed by atoms with Crippen LogP contribution in [0.1, 0.15) is 39.0 Å². The van der Waals surface area contributed by atoms with Crippen molar-refractivity contribution < 1.29 is 19.6 Å². The topological polar surface area (TPSA) is 98.7 Å². The molecule has 1 saturated heterocycles. The summed E-state index contributed by atoms with van der Waals surface area (Å²) in [5.74, 6) is -1.02. The number of nitrogens with one attached hydrogen (secondary N) is 2. The zero-order chi connectivity index (χ0) is 18.3. The van der Waals surface area contributed by atoms with E-state index in [2.05, 4.69) is 5.32 Å². The van der Waals surface area contributed by atoms with Crippen molar-refractivity contribution >= 4 is 23.4 Å². The van der Waals surface area contributed by atoms with Crippen molar-refractivity contribution in [3.63, 3.8) is 0 Å². The molecule has 0 aliphatic carbocycles. The molecule has 0 bridgehead atoms. The van der Waals surface area contributed by atoms with E-state index in [9.17, 15) is 14.4 Å². The van der Waals surface area contributed by atoms with Gasteiger partial charge in [-0.3, -0.25) is 19.6 Å². The molecule has 3 N–H and O–H groups in total. The molecule has 1 aromatic rings. The monoisotopic (exact) mass is 347 g/mol. The second-order valence-electron chi connectivity index (χ2n) is 6.49. The Kier molecular flexibility index (Phi) is 6.52. The Balaban J connectivity index is 2.01. The summed E-state index contributed by atoms with van der Waals surface area (Å²) in [4.78, 5) is 38.2. The number of amides is 3. The summed E-state index contributed by atoms with van der Waals surface area (Å²) in [5, 5.41) is 11.6. The van der Waals surface area contributed by atoms with Crippen LogP contribution in [-0.2, 0) is 14.4 Å². The van der Waals surface area contributed by atoms with Crippen LogP contribution in [-0.4, -0.2) is 40.9 Å². The number of hydrogen-bond donors (Lipinski definition) is 3. The van der Waals surface area contributed by atoms with Crippen molar-refractivity contribution in [2.75, 3.05) is 18.4 Å². The van der Waals surface area contributed by atoms with Gasteiger partial charge in [0.25, 0.3) is 0 Å². The third kappa shape index (κ3) is 4.79. The van der Waals surface area contributed by atoms with Gasteiger partial charge in [0, 0.05) is 18.7 Å². The average Bonchev–Trinajstić information content (AvgIpc) is 2.90. The highest BCUT2D eigenvalue weighted by molar-refractivity contribution is 5.97. The van der Waals surface area contributed by atoms with Crippen molar-refractivity contribution in [3.8, 4) is 0 Å². The lowest BCUT2D eigenvalue weighted by Crippen LogP contribution is -2.41. The average molecular weight is 347 g/mol. The van der Waals surface area contributed by atoms with Gasteiger partial charge in [-0.2, -0.15) is 0 Å². The maximum atomic E-state index is 12.9. The summed E-state index contributed by atoms with van der Waals surface area (Å²) in [7, 11) is 0. The quantitative estimate of drug-likeness (QED) is 0.494. The Bertz CT molecular complexity index is 620. The lowest BCUT2D eigenvalue weighted by atomic mass is 9.78. The largest absolute Gasteiger partial charge is 0.333 e. The third-order valence-corrected chi connectivity index (χ3v) is 4.63. The summed E-state index contributed by atoms with van der Waals surface area (Å²) >= 11 is 0. The van der Waals surface area contributed by atoms with E-state index in [1.165, 1.54) is 4.90 Å². The van der Waals surface area contributed by atoms with E-state index in [4.69, 9.17) is 5.21 Å². The second-order valence-corrected chi connectivity index (χ2v) is 6.49. The fourth-order valence-electron chi connectivity index (χ4n) is 3.29. The number of carbonyl (C=O) groups is 3. The number of anilines is 1. The van der Waals surface area contributed by atoms with E-state index < -0.39 is 11.3 Å². The molecule has 25 heavy (non-hydrogen) atoms. The van der Waals surface area contributed by atoms with Gasteiger partial charge in [-0.25, -0.2) is 5.48 Å². The van der Waals surface area contributed by atoms with Gasteiger partial charge in [0.2, 0.25) is 17.7 Å². The van der Waals surface area contributed by atoms with Gasteiger partial charge >= 0.3 is 0 Å². The van der Waals surface area contributed by atoms with Crippen LogP contribution >= 0.6 is 0 Å². The summed E-state index contributed by atoms with van der Waals surface area (Å²) in [6.07, 6.45) is 2.75. The van der Waals surface area contributed by atoms with E-state index in [1.807, 2.05) is 25.1 Å². The Morgan fingerprint density at radius 3 is 2.60 bits per heavy atom. The second kappa shape index (κ2) is 8.62. The van der Waals surface area contributed by atoms with Gasteiger partial charge in [-0.15, -0.1) is 0 Å². The van der Waals surface area contributed by atoms with Crippen LogP contribution in [0.15, 0.2) is 30.3 Å². The lowest BCUT2D eigenvalue weighted by molar-refractivity contribution is -0.143. The summed E-state index contributed by atoms with van der Waals surface area (Å²) in [5.41, 5.74) is 1.47. The molecule has 7 heteroatoms. The number of hydroxylamine groups is 1. The molecule has 1 heterocycles. The minimum atomic E-state index is -0.824. The lowest BCUT2D eigenvalue weighted by Gasteiger charge is -2.26. The molecule has 2 rings (SSSR count). The number of carbonyl (C=O) groups excluding carboxylic acids is 3. The number of nitrogens with zero attached hydrogens (tertiary/aromatic N) is 1. The van der Waals surface area contributed by atoms with Crippen molar-refractivity contribution in [3.05, 3.63) is 30.3 Å². The molecular weight excluding hydrogens is 322 g/mol. The molecule has 0 aromatic heterocycles. The van der Waals surface area contributed by atoms with Gasteiger partial charge in [-0.1, -0.05) is 38.0 Å². The Hall–Kier alpha value is -2.41. The predicted molar refractivity (Wildman–Crippen MR) is 92.8 cm³/mol. The van der Waals surface area contributed by atoms with E-state index in [0.29, 0.717) is 25.1 Å². The standard InChI is InChI=1S/C18H25N3O4/c1-2-3-9-18(12-15(22)20-25)10-11-21(17(18)24)13-16(23)19-14-7-5-4-6-8-14/h4-8,25H,2-3,9-13H2,1H3,(H,19,23)(H,20,22). The SMILES string of the molecule is CCCCC1(CC(=O)NO)CCN(CC(=O)Nc2ccccc2)C1=O. The van der Waals surface area contributed by atoms with Gasteiger partial charge in [0.15, 0.2) is 0 Å².